The topological polar surface area (TPSA) is 47.6 Å². The Morgan fingerprint density at radius 2 is 2.00 bits per heavy atom. The van der Waals surface area contributed by atoms with Gasteiger partial charge in [-0.2, -0.15) is 10.5 Å². The van der Waals surface area contributed by atoms with Gasteiger partial charge in [0.1, 0.15) is 0 Å². The highest BCUT2D eigenvalue weighted by molar-refractivity contribution is 6.31. The summed E-state index contributed by atoms with van der Waals surface area (Å²) in [5.41, 5.74) is 2.36. The molecule has 0 aliphatic heterocycles. The summed E-state index contributed by atoms with van der Waals surface area (Å²) in [5.74, 6) is 0. The van der Waals surface area contributed by atoms with Crippen LogP contribution in [0.25, 0.3) is 0 Å². The highest BCUT2D eigenvalue weighted by atomic mass is 35.5. The summed E-state index contributed by atoms with van der Waals surface area (Å²) >= 11 is 6.01. The summed E-state index contributed by atoms with van der Waals surface area (Å²) in [4.78, 5) is 0. The Morgan fingerprint density at radius 1 is 1.27 bits per heavy atom. The van der Waals surface area contributed by atoms with Gasteiger partial charge in [-0.25, -0.2) is 0 Å². The van der Waals surface area contributed by atoms with Gasteiger partial charge in [0, 0.05) is 5.02 Å². The van der Waals surface area contributed by atoms with Crippen molar-refractivity contribution < 1.29 is 0 Å². The molecule has 0 N–H and O–H groups in total. The van der Waals surface area contributed by atoms with Gasteiger partial charge in [0.2, 0.25) is 0 Å². The van der Waals surface area contributed by atoms with E-state index < -0.39 is 0 Å². The van der Waals surface area contributed by atoms with Gasteiger partial charge in [-0.05, 0) is 29.7 Å². The third-order valence-electron chi connectivity index (χ3n) is 2.25. The van der Waals surface area contributed by atoms with E-state index in [1.54, 1.807) is 12.1 Å². The third-order valence-corrected chi connectivity index (χ3v) is 2.60. The lowest BCUT2D eigenvalue weighted by molar-refractivity contribution is 0.903. The number of rotatable bonds is 3. The van der Waals surface area contributed by atoms with E-state index >= 15 is 0 Å². The summed E-state index contributed by atoms with van der Waals surface area (Å²) in [5, 5.41) is 18.2. The number of hydrogen-bond acceptors (Lipinski definition) is 2. The van der Waals surface area contributed by atoms with Crippen LogP contribution < -0.4 is 0 Å². The maximum absolute atomic E-state index is 8.95. The van der Waals surface area contributed by atoms with E-state index in [0.29, 0.717) is 10.6 Å². The number of nitriles is 2. The summed E-state index contributed by atoms with van der Waals surface area (Å²) in [6.07, 6.45) is 2.00. The Kier molecular flexibility index (Phi) is 4.16. The molecule has 0 amide bonds. The van der Waals surface area contributed by atoms with Gasteiger partial charge in [0.15, 0.2) is 0 Å². The molecule has 0 fully saturated rings. The molecule has 1 aromatic rings. The maximum atomic E-state index is 8.95. The van der Waals surface area contributed by atoms with Gasteiger partial charge in [0.05, 0.1) is 24.1 Å². The lowest BCUT2D eigenvalue weighted by atomic mass is 9.96. The van der Waals surface area contributed by atoms with Gasteiger partial charge in [-0.1, -0.05) is 24.9 Å². The molecule has 3 heteroatoms. The molecule has 76 valence electrons. The van der Waals surface area contributed by atoms with Crippen molar-refractivity contribution in [3.05, 3.63) is 33.8 Å². The molecule has 2 nitrogen and oxygen atoms in total. The Hall–Kier alpha value is -1.51. The van der Waals surface area contributed by atoms with Crippen LogP contribution in [0.15, 0.2) is 12.1 Å². The summed E-state index contributed by atoms with van der Waals surface area (Å²) in [6.45, 7) is 2.04. The predicted molar refractivity (Wildman–Crippen MR) is 59.5 cm³/mol. The van der Waals surface area contributed by atoms with Crippen LogP contribution >= 0.6 is 11.6 Å². The third kappa shape index (κ3) is 2.49. The van der Waals surface area contributed by atoms with Crippen LogP contribution in [0.5, 0.6) is 0 Å². The molecule has 15 heavy (non-hydrogen) atoms. The fourth-order valence-electron chi connectivity index (χ4n) is 1.57. The van der Waals surface area contributed by atoms with E-state index in [-0.39, 0.29) is 6.42 Å². The van der Waals surface area contributed by atoms with Crippen molar-refractivity contribution >= 4 is 11.6 Å². The molecule has 1 aromatic carbocycles. The minimum atomic E-state index is 0.268. The Balaban J connectivity index is 3.32. The van der Waals surface area contributed by atoms with Crippen LogP contribution in [0.1, 0.15) is 30.0 Å². The van der Waals surface area contributed by atoms with Crippen LogP contribution in [0.4, 0.5) is 0 Å². The Labute approximate surface area is 94.7 Å². The first-order valence-electron chi connectivity index (χ1n) is 4.81. The highest BCUT2D eigenvalue weighted by Gasteiger charge is 2.11. The molecule has 0 radical (unpaired) electrons. The van der Waals surface area contributed by atoms with Gasteiger partial charge < -0.3 is 0 Å². The second-order valence-corrected chi connectivity index (χ2v) is 3.66. The molecule has 0 aromatic heterocycles. The van der Waals surface area contributed by atoms with Crippen molar-refractivity contribution in [1.82, 2.24) is 0 Å². The molecule has 0 heterocycles. The molecule has 0 spiro atoms. The van der Waals surface area contributed by atoms with Crippen molar-refractivity contribution in [2.24, 2.45) is 0 Å². The molecule has 0 saturated heterocycles. The summed E-state index contributed by atoms with van der Waals surface area (Å²) < 4.78 is 0. The minimum absolute atomic E-state index is 0.268. The van der Waals surface area contributed by atoms with E-state index in [2.05, 4.69) is 12.1 Å². The van der Waals surface area contributed by atoms with E-state index in [1.165, 1.54) is 0 Å². The zero-order valence-corrected chi connectivity index (χ0v) is 9.30. The second kappa shape index (κ2) is 5.39. The predicted octanol–water partition coefficient (Wildman–Crippen LogP) is 3.23. The lowest BCUT2D eigenvalue weighted by Gasteiger charge is -2.09. The number of hydrogen-bond donors (Lipinski definition) is 0. The van der Waals surface area contributed by atoms with Crippen LogP contribution in [0, 0.1) is 22.7 Å². The highest BCUT2D eigenvalue weighted by Crippen LogP contribution is 2.25. The smallest absolute Gasteiger partial charge is 0.0994 e. The SMILES string of the molecule is CCCc1c(C#N)ccc(Cl)c1CC#N. The van der Waals surface area contributed by atoms with Crippen LogP contribution in [-0.4, -0.2) is 0 Å². The van der Waals surface area contributed by atoms with E-state index in [1.807, 2.05) is 6.92 Å². The average Bonchev–Trinajstić information content (AvgIpc) is 2.24. The zero-order chi connectivity index (χ0) is 11.3. The Bertz CT molecular complexity index is 438. The van der Waals surface area contributed by atoms with E-state index in [4.69, 9.17) is 22.1 Å². The standard InChI is InChI=1S/C12H11ClN2/c1-2-3-10-9(8-15)4-5-12(13)11(10)6-7-14/h4-5H,2-3,6H2,1H3. The van der Waals surface area contributed by atoms with Crippen molar-refractivity contribution in [3.8, 4) is 12.1 Å². The quantitative estimate of drug-likeness (QED) is 0.782. The van der Waals surface area contributed by atoms with Gasteiger partial charge in [-0.3, -0.25) is 0 Å². The molecule has 0 aliphatic rings. The number of nitrogens with zero attached hydrogens (tertiary/aromatic N) is 2. The molecule has 0 saturated carbocycles. The van der Waals surface area contributed by atoms with Crippen LogP contribution in [0.3, 0.4) is 0 Å². The first kappa shape index (κ1) is 11.6. The van der Waals surface area contributed by atoms with Crippen LogP contribution in [-0.2, 0) is 12.8 Å². The van der Waals surface area contributed by atoms with Crippen molar-refractivity contribution in [1.29, 1.82) is 10.5 Å². The van der Waals surface area contributed by atoms with Gasteiger partial charge in [-0.15, -0.1) is 0 Å². The lowest BCUT2D eigenvalue weighted by Crippen LogP contribution is -1.98. The number of halogens is 1. The van der Waals surface area contributed by atoms with Gasteiger partial charge in [0.25, 0.3) is 0 Å². The van der Waals surface area contributed by atoms with Crippen molar-refractivity contribution in [2.45, 2.75) is 26.2 Å². The minimum Gasteiger partial charge on any atom is -0.198 e. The summed E-state index contributed by atoms with van der Waals surface area (Å²) in [7, 11) is 0. The second-order valence-electron chi connectivity index (χ2n) is 3.25. The fraction of sp³-hybridized carbons (Fsp3) is 0.333. The van der Waals surface area contributed by atoms with Gasteiger partial charge >= 0.3 is 0 Å². The number of benzene rings is 1. The fourth-order valence-corrected chi connectivity index (χ4v) is 1.82. The first-order valence-corrected chi connectivity index (χ1v) is 5.19. The molecule has 0 aliphatic carbocycles. The molecule has 0 unspecified atom stereocenters. The first-order chi connectivity index (χ1) is 7.24. The summed E-state index contributed by atoms with van der Waals surface area (Å²) in [6, 6.07) is 7.62. The molecule has 0 atom stereocenters. The van der Waals surface area contributed by atoms with Crippen molar-refractivity contribution in [2.75, 3.05) is 0 Å². The molecule has 0 bridgehead atoms. The monoisotopic (exact) mass is 218 g/mol. The largest absolute Gasteiger partial charge is 0.198 e. The maximum Gasteiger partial charge on any atom is 0.0994 e. The Morgan fingerprint density at radius 3 is 2.53 bits per heavy atom. The molecular weight excluding hydrogens is 208 g/mol. The average molecular weight is 219 g/mol. The van der Waals surface area contributed by atoms with Crippen LogP contribution in [0.2, 0.25) is 5.02 Å². The zero-order valence-electron chi connectivity index (χ0n) is 8.55. The van der Waals surface area contributed by atoms with Crippen molar-refractivity contribution in [3.63, 3.8) is 0 Å². The molecule has 1 rings (SSSR count). The van der Waals surface area contributed by atoms with E-state index in [9.17, 15) is 0 Å². The normalized spacial score (nSPS) is 9.33. The molecular formula is C12H11ClN2. The van der Waals surface area contributed by atoms with E-state index in [0.717, 1.165) is 24.0 Å².